The zero-order valence-electron chi connectivity index (χ0n) is 17.5. The van der Waals surface area contributed by atoms with Crippen molar-refractivity contribution in [2.75, 3.05) is 5.32 Å². The SMILES string of the molecule is O=C(c1ccccc1)c1cc([N+](=O)[O-])ccc1NC(=O)C(c1ccccc1)c1ccccc1. The molecule has 0 aliphatic heterocycles. The fourth-order valence-electron chi connectivity index (χ4n) is 3.68. The highest BCUT2D eigenvalue weighted by molar-refractivity contribution is 6.14. The van der Waals surface area contributed by atoms with Crippen LogP contribution in [-0.4, -0.2) is 16.6 Å². The van der Waals surface area contributed by atoms with E-state index in [-0.39, 0.29) is 22.8 Å². The van der Waals surface area contributed by atoms with Crippen LogP contribution in [0.25, 0.3) is 0 Å². The Hall–Kier alpha value is -4.58. The molecule has 6 heteroatoms. The number of carbonyl (C=O) groups is 2. The molecule has 0 fully saturated rings. The number of amides is 1. The Kier molecular flexibility index (Phi) is 6.36. The summed E-state index contributed by atoms with van der Waals surface area (Å²) < 4.78 is 0. The first-order valence-corrected chi connectivity index (χ1v) is 10.3. The molecule has 4 rings (SSSR count). The Labute approximate surface area is 190 Å². The van der Waals surface area contributed by atoms with Gasteiger partial charge in [-0.2, -0.15) is 0 Å². The molecule has 0 bridgehead atoms. The first kappa shape index (κ1) is 21.6. The van der Waals surface area contributed by atoms with E-state index in [2.05, 4.69) is 5.32 Å². The number of non-ortho nitro benzene ring substituents is 1. The van der Waals surface area contributed by atoms with E-state index in [1.54, 1.807) is 30.3 Å². The number of ketones is 1. The van der Waals surface area contributed by atoms with Crippen molar-refractivity contribution in [2.24, 2.45) is 0 Å². The third-order valence-electron chi connectivity index (χ3n) is 5.28. The molecule has 1 N–H and O–H groups in total. The minimum absolute atomic E-state index is 0.0589. The van der Waals surface area contributed by atoms with E-state index >= 15 is 0 Å². The Bertz CT molecular complexity index is 1250. The van der Waals surface area contributed by atoms with Crippen molar-refractivity contribution in [1.29, 1.82) is 0 Å². The maximum atomic E-state index is 13.5. The van der Waals surface area contributed by atoms with Crippen LogP contribution in [0.15, 0.2) is 109 Å². The monoisotopic (exact) mass is 436 g/mol. The largest absolute Gasteiger partial charge is 0.325 e. The lowest BCUT2D eigenvalue weighted by Crippen LogP contribution is -2.23. The van der Waals surface area contributed by atoms with Gasteiger partial charge in [0, 0.05) is 17.7 Å². The number of nitro groups is 1. The van der Waals surface area contributed by atoms with Gasteiger partial charge in [0.1, 0.15) is 0 Å². The summed E-state index contributed by atoms with van der Waals surface area (Å²) in [6, 6.07) is 31.0. The van der Waals surface area contributed by atoms with Crippen LogP contribution in [0, 0.1) is 10.1 Å². The second kappa shape index (κ2) is 9.70. The van der Waals surface area contributed by atoms with Crippen LogP contribution < -0.4 is 5.32 Å². The number of anilines is 1. The molecular weight excluding hydrogens is 416 g/mol. The van der Waals surface area contributed by atoms with Crippen LogP contribution in [0.1, 0.15) is 33.0 Å². The maximum absolute atomic E-state index is 13.5. The molecule has 162 valence electrons. The third-order valence-corrected chi connectivity index (χ3v) is 5.28. The average Bonchev–Trinajstić information content (AvgIpc) is 2.86. The van der Waals surface area contributed by atoms with Gasteiger partial charge in [0.2, 0.25) is 5.91 Å². The summed E-state index contributed by atoms with van der Waals surface area (Å²) in [5, 5.41) is 14.2. The zero-order valence-corrected chi connectivity index (χ0v) is 17.5. The molecule has 1 amide bonds. The number of rotatable bonds is 7. The third kappa shape index (κ3) is 4.85. The lowest BCUT2D eigenvalue weighted by atomic mass is 9.90. The van der Waals surface area contributed by atoms with Gasteiger partial charge in [-0.25, -0.2) is 0 Å². The number of nitro benzene ring substituents is 1. The average molecular weight is 436 g/mol. The summed E-state index contributed by atoms with van der Waals surface area (Å²) >= 11 is 0. The molecule has 0 heterocycles. The summed E-state index contributed by atoms with van der Waals surface area (Å²) in [5.41, 5.74) is 2.00. The minimum atomic E-state index is -0.623. The van der Waals surface area contributed by atoms with Crippen LogP contribution >= 0.6 is 0 Å². The zero-order chi connectivity index (χ0) is 23.2. The molecule has 0 spiro atoms. The van der Waals surface area contributed by atoms with Gasteiger partial charge in [0.05, 0.1) is 22.1 Å². The highest BCUT2D eigenvalue weighted by Crippen LogP contribution is 2.29. The topological polar surface area (TPSA) is 89.3 Å². The number of benzene rings is 4. The van der Waals surface area contributed by atoms with E-state index < -0.39 is 16.6 Å². The van der Waals surface area contributed by atoms with E-state index in [1.807, 2.05) is 60.7 Å². The smallest absolute Gasteiger partial charge is 0.270 e. The molecule has 0 radical (unpaired) electrons. The molecule has 0 atom stereocenters. The Morgan fingerprint density at radius 3 is 1.76 bits per heavy atom. The first-order chi connectivity index (χ1) is 16.0. The Morgan fingerprint density at radius 2 is 1.24 bits per heavy atom. The molecule has 4 aromatic rings. The lowest BCUT2D eigenvalue weighted by Gasteiger charge is -2.19. The van der Waals surface area contributed by atoms with Gasteiger partial charge < -0.3 is 5.32 Å². The number of carbonyl (C=O) groups excluding carboxylic acids is 2. The molecular formula is C27H20N2O4. The molecule has 0 aliphatic rings. The molecule has 0 aliphatic carbocycles. The molecule has 0 aromatic heterocycles. The van der Waals surface area contributed by atoms with Crippen molar-refractivity contribution in [3.05, 3.63) is 142 Å². The second-order valence-electron chi connectivity index (χ2n) is 7.43. The van der Waals surface area contributed by atoms with E-state index in [9.17, 15) is 19.7 Å². The van der Waals surface area contributed by atoms with Gasteiger partial charge in [-0.1, -0.05) is 91.0 Å². The Balaban J connectivity index is 1.75. The quantitative estimate of drug-likeness (QED) is 0.232. The summed E-state index contributed by atoms with van der Waals surface area (Å²) in [4.78, 5) is 37.4. The fourth-order valence-corrected chi connectivity index (χ4v) is 3.68. The van der Waals surface area contributed by atoms with Gasteiger partial charge in [0.15, 0.2) is 5.78 Å². The number of nitrogens with zero attached hydrogens (tertiary/aromatic N) is 1. The van der Waals surface area contributed by atoms with Crippen LogP contribution in [0.5, 0.6) is 0 Å². The first-order valence-electron chi connectivity index (χ1n) is 10.3. The molecule has 6 nitrogen and oxygen atoms in total. The van der Waals surface area contributed by atoms with E-state index in [0.29, 0.717) is 5.56 Å². The minimum Gasteiger partial charge on any atom is -0.325 e. The van der Waals surface area contributed by atoms with Crippen molar-refractivity contribution in [2.45, 2.75) is 5.92 Å². The van der Waals surface area contributed by atoms with Crippen molar-refractivity contribution < 1.29 is 14.5 Å². The lowest BCUT2D eigenvalue weighted by molar-refractivity contribution is -0.384. The highest BCUT2D eigenvalue weighted by atomic mass is 16.6. The summed E-state index contributed by atoms with van der Waals surface area (Å²) in [6.07, 6.45) is 0. The molecule has 4 aromatic carbocycles. The summed E-state index contributed by atoms with van der Waals surface area (Å²) in [6.45, 7) is 0. The van der Waals surface area contributed by atoms with Crippen molar-refractivity contribution in [3.8, 4) is 0 Å². The predicted octanol–water partition coefficient (Wildman–Crippen LogP) is 5.60. The van der Waals surface area contributed by atoms with E-state index in [0.717, 1.165) is 11.1 Å². The van der Waals surface area contributed by atoms with Gasteiger partial charge in [-0.3, -0.25) is 19.7 Å². The van der Waals surface area contributed by atoms with E-state index in [4.69, 9.17) is 0 Å². The second-order valence-corrected chi connectivity index (χ2v) is 7.43. The number of nitrogens with one attached hydrogen (secondary N) is 1. The van der Waals surface area contributed by atoms with Crippen LogP contribution in [0.4, 0.5) is 11.4 Å². The van der Waals surface area contributed by atoms with E-state index in [1.165, 1.54) is 18.2 Å². The number of hydrogen-bond acceptors (Lipinski definition) is 4. The predicted molar refractivity (Wildman–Crippen MR) is 126 cm³/mol. The Morgan fingerprint density at radius 1 is 0.727 bits per heavy atom. The van der Waals surface area contributed by atoms with Crippen molar-refractivity contribution in [3.63, 3.8) is 0 Å². The molecule has 0 saturated heterocycles. The maximum Gasteiger partial charge on any atom is 0.270 e. The summed E-state index contributed by atoms with van der Waals surface area (Å²) in [7, 11) is 0. The molecule has 0 unspecified atom stereocenters. The van der Waals surface area contributed by atoms with Crippen LogP contribution in [-0.2, 0) is 4.79 Å². The van der Waals surface area contributed by atoms with Crippen molar-refractivity contribution in [1.82, 2.24) is 0 Å². The molecule has 33 heavy (non-hydrogen) atoms. The highest BCUT2D eigenvalue weighted by Gasteiger charge is 2.25. The van der Waals surface area contributed by atoms with Gasteiger partial charge in [0.25, 0.3) is 5.69 Å². The van der Waals surface area contributed by atoms with Crippen molar-refractivity contribution >= 4 is 23.1 Å². The van der Waals surface area contributed by atoms with Gasteiger partial charge in [-0.05, 0) is 17.2 Å². The standard InChI is InChI=1S/C27H20N2O4/c30-26(21-14-8-3-9-15-21)23-18-22(29(32)33)16-17-24(23)28-27(31)25(19-10-4-1-5-11-19)20-12-6-2-7-13-20/h1-18,25H,(H,28,31). The van der Waals surface area contributed by atoms with Crippen LogP contribution in [0.3, 0.4) is 0 Å². The van der Waals surface area contributed by atoms with Crippen LogP contribution in [0.2, 0.25) is 0 Å². The van der Waals surface area contributed by atoms with Gasteiger partial charge >= 0.3 is 0 Å². The normalized spacial score (nSPS) is 10.6. The number of hydrogen-bond donors (Lipinski definition) is 1. The summed E-state index contributed by atoms with van der Waals surface area (Å²) in [5.74, 6) is -1.38. The fraction of sp³-hybridized carbons (Fsp3) is 0.0370. The van der Waals surface area contributed by atoms with Gasteiger partial charge in [-0.15, -0.1) is 0 Å². The molecule has 0 saturated carbocycles.